The molecule has 1 aliphatic rings. The average Bonchev–Trinajstić information content (AvgIpc) is 3.10. The van der Waals surface area contributed by atoms with Crippen molar-refractivity contribution in [3.05, 3.63) is 88.5 Å². The molecule has 2 heterocycles. The zero-order valence-electron chi connectivity index (χ0n) is 19.3. The van der Waals surface area contributed by atoms with E-state index in [4.69, 9.17) is 17.0 Å². The molecule has 35 heavy (non-hydrogen) atoms. The van der Waals surface area contributed by atoms with Crippen LogP contribution in [0.4, 0.5) is 10.1 Å². The van der Waals surface area contributed by atoms with E-state index in [2.05, 4.69) is 5.32 Å². The number of amides is 2. The van der Waals surface area contributed by atoms with Gasteiger partial charge in [0.2, 0.25) is 0 Å². The maximum atomic E-state index is 14.4. The summed E-state index contributed by atoms with van der Waals surface area (Å²) in [5.74, 6) is -2.41. The Morgan fingerprint density at radius 2 is 1.80 bits per heavy atom. The normalized spacial score (nSPS) is 14.9. The van der Waals surface area contributed by atoms with Gasteiger partial charge in [-0.15, -0.1) is 0 Å². The maximum absolute atomic E-state index is 14.4. The largest absolute Gasteiger partial charge is 0.462 e. The molecule has 0 bridgehead atoms. The van der Waals surface area contributed by atoms with Crippen molar-refractivity contribution in [3.8, 4) is 5.69 Å². The molecule has 1 fully saturated rings. The van der Waals surface area contributed by atoms with Crippen molar-refractivity contribution in [3.63, 3.8) is 0 Å². The number of ether oxygens (including phenoxy) is 1. The lowest BCUT2D eigenvalue weighted by Gasteiger charge is -2.29. The molecule has 1 aliphatic heterocycles. The van der Waals surface area contributed by atoms with Crippen LogP contribution in [0.3, 0.4) is 0 Å². The Morgan fingerprint density at radius 1 is 1.11 bits per heavy atom. The van der Waals surface area contributed by atoms with Crippen LogP contribution in [0.15, 0.2) is 60.2 Å². The number of carbonyl (C=O) groups is 3. The van der Waals surface area contributed by atoms with E-state index < -0.39 is 23.6 Å². The van der Waals surface area contributed by atoms with Crippen molar-refractivity contribution in [1.29, 1.82) is 0 Å². The van der Waals surface area contributed by atoms with Crippen molar-refractivity contribution >= 4 is 46.9 Å². The Hall–Kier alpha value is -4.11. The standard InChI is InChI=1S/C26H22FN3O4S/c1-4-34-25(33)17-9-11-19(12-10-17)29-15(2)13-18(16(29)3)14-20-23(31)28-26(35)30(24(20)32)22-8-6-5-7-21(22)27/h5-14H,4H2,1-3H3,(H,28,31,35)/b20-14+. The molecular formula is C26H22FN3O4S. The van der Waals surface area contributed by atoms with Gasteiger partial charge in [0, 0.05) is 17.1 Å². The van der Waals surface area contributed by atoms with Crippen LogP contribution in [0.25, 0.3) is 11.8 Å². The maximum Gasteiger partial charge on any atom is 0.338 e. The Balaban J connectivity index is 1.71. The number of hydrogen-bond donors (Lipinski definition) is 1. The van der Waals surface area contributed by atoms with Gasteiger partial charge in [-0.2, -0.15) is 0 Å². The number of esters is 1. The van der Waals surface area contributed by atoms with Crippen molar-refractivity contribution in [2.24, 2.45) is 0 Å². The monoisotopic (exact) mass is 491 g/mol. The van der Waals surface area contributed by atoms with E-state index >= 15 is 0 Å². The van der Waals surface area contributed by atoms with Crippen LogP contribution in [0.5, 0.6) is 0 Å². The van der Waals surface area contributed by atoms with Gasteiger partial charge in [-0.25, -0.2) is 14.1 Å². The summed E-state index contributed by atoms with van der Waals surface area (Å²) in [6, 6.07) is 14.5. The van der Waals surface area contributed by atoms with Gasteiger partial charge in [0.1, 0.15) is 11.4 Å². The first kappa shape index (κ1) is 24.0. The van der Waals surface area contributed by atoms with Crippen LogP contribution < -0.4 is 10.2 Å². The molecule has 9 heteroatoms. The lowest BCUT2D eigenvalue weighted by Crippen LogP contribution is -2.54. The fourth-order valence-electron chi connectivity index (χ4n) is 3.96. The SMILES string of the molecule is CCOC(=O)c1ccc(-n2c(C)cc(/C=C3\C(=O)NC(=S)N(c4ccccc4F)C3=O)c2C)cc1. The third-order valence-corrected chi connectivity index (χ3v) is 5.89. The van der Waals surface area contributed by atoms with E-state index in [1.807, 2.05) is 24.5 Å². The number of nitrogens with one attached hydrogen (secondary N) is 1. The van der Waals surface area contributed by atoms with E-state index in [1.54, 1.807) is 37.3 Å². The number of hydrogen-bond acceptors (Lipinski definition) is 5. The van der Waals surface area contributed by atoms with Crippen LogP contribution in [0.2, 0.25) is 0 Å². The highest BCUT2D eigenvalue weighted by Gasteiger charge is 2.35. The number of carbonyl (C=O) groups excluding carboxylic acids is 3. The number of anilines is 1. The highest BCUT2D eigenvalue weighted by Crippen LogP contribution is 2.27. The van der Waals surface area contributed by atoms with Crippen molar-refractivity contribution in [2.45, 2.75) is 20.8 Å². The van der Waals surface area contributed by atoms with Gasteiger partial charge in [0.25, 0.3) is 11.8 Å². The molecule has 0 aliphatic carbocycles. The summed E-state index contributed by atoms with van der Waals surface area (Å²) in [7, 11) is 0. The minimum absolute atomic E-state index is 0.0411. The van der Waals surface area contributed by atoms with Gasteiger partial charge < -0.3 is 9.30 Å². The van der Waals surface area contributed by atoms with Gasteiger partial charge in [-0.1, -0.05) is 12.1 Å². The molecule has 1 N–H and O–H groups in total. The first-order chi connectivity index (χ1) is 16.7. The fraction of sp³-hybridized carbons (Fsp3) is 0.154. The quantitative estimate of drug-likeness (QED) is 0.250. The topological polar surface area (TPSA) is 80.6 Å². The molecule has 3 aromatic rings. The van der Waals surface area contributed by atoms with Crippen molar-refractivity contribution in [2.75, 3.05) is 11.5 Å². The summed E-state index contributed by atoms with van der Waals surface area (Å²) < 4.78 is 21.3. The minimum Gasteiger partial charge on any atom is -0.462 e. The third kappa shape index (κ3) is 4.50. The Morgan fingerprint density at radius 3 is 2.46 bits per heavy atom. The molecule has 0 radical (unpaired) electrons. The van der Waals surface area contributed by atoms with E-state index in [0.29, 0.717) is 17.7 Å². The summed E-state index contributed by atoms with van der Waals surface area (Å²) in [6.45, 7) is 5.77. The molecule has 7 nitrogen and oxygen atoms in total. The number of rotatable bonds is 5. The number of para-hydroxylation sites is 1. The molecule has 0 saturated carbocycles. The first-order valence-corrected chi connectivity index (χ1v) is 11.3. The van der Waals surface area contributed by atoms with Crippen LogP contribution in [-0.2, 0) is 14.3 Å². The van der Waals surface area contributed by atoms with Crippen LogP contribution >= 0.6 is 12.2 Å². The van der Waals surface area contributed by atoms with Gasteiger partial charge >= 0.3 is 5.97 Å². The van der Waals surface area contributed by atoms with Crippen LogP contribution in [0, 0.1) is 19.7 Å². The number of aryl methyl sites for hydroxylation is 1. The Kier molecular flexibility index (Phi) is 6.61. The van der Waals surface area contributed by atoms with Gasteiger partial charge in [0.05, 0.1) is 17.9 Å². The summed E-state index contributed by atoms with van der Waals surface area (Å²) in [5, 5.41) is 2.28. The summed E-state index contributed by atoms with van der Waals surface area (Å²) in [4.78, 5) is 38.8. The predicted molar refractivity (Wildman–Crippen MR) is 134 cm³/mol. The zero-order valence-corrected chi connectivity index (χ0v) is 20.1. The second-order valence-corrected chi connectivity index (χ2v) is 8.23. The number of nitrogens with zero attached hydrogens (tertiary/aromatic N) is 2. The Labute approximate surface area is 206 Å². The second-order valence-electron chi connectivity index (χ2n) is 7.84. The molecule has 1 aromatic heterocycles. The summed E-state index contributed by atoms with van der Waals surface area (Å²) in [5.41, 5.74) is 3.28. The molecule has 0 spiro atoms. The number of aromatic nitrogens is 1. The second kappa shape index (κ2) is 9.63. The smallest absolute Gasteiger partial charge is 0.338 e. The molecule has 178 valence electrons. The van der Waals surface area contributed by atoms with Crippen molar-refractivity contribution in [1.82, 2.24) is 9.88 Å². The summed E-state index contributed by atoms with van der Waals surface area (Å²) >= 11 is 5.14. The van der Waals surface area contributed by atoms with Gasteiger partial charge in [-0.05, 0) is 87.1 Å². The van der Waals surface area contributed by atoms with Crippen LogP contribution in [-0.4, -0.2) is 34.1 Å². The Bertz CT molecular complexity index is 1390. The lowest BCUT2D eigenvalue weighted by atomic mass is 10.1. The molecule has 0 atom stereocenters. The van der Waals surface area contributed by atoms with Crippen molar-refractivity contribution < 1.29 is 23.5 Å². The lowest BCUT2D eigenvalue weighted by molar-refractivity contribution is -0.122. The number of halogens is 1. The number of thiocarbonyl (C=S) groups is 1. The third-order valence-electron chi connectivity index (χ3n) is 5.60. The highest BCUT2D eigenvalue weighted by molar-refractivity contribution is 7.80. The first-order valence-electron chi connectivity index (χ1n) is 10.9. The molecular weight excluding hydrogens is 469 g/mol. The van der Waals surface area contributed by atoms with Crippen LogP contribution in [0.1, 0.15) is 34.2 Å². The fourth-order valence-corrected chi connectivity index (χ4v) is 4.23. The van der Waals surface area contributed by atoms with E-state index in [9.17, 15) is 18.8 Å². The minimum atomic E-state index is -0.715. The molecule has 1 saturated heterocycles. The number of benzene rings is 2. The average molecular weight is 492 g/mol. The highest BCUT2D eigenvalue weighted by atomic mass is 32.1. The van der Waals surface area contributed by atoms with E-state index in [0.717, 1.165) is 22.0 Å². The molecule has 0 unspecified atom stereocenters. The van der Waals surface area contributed by atoms with E-state index in [1.165, 1.54) is 24.3 Å². The van der Waals surface area contributed by atoms with Gasteiger partial charge in [-0.3, -0.25) is 14.9 Å². The predicted octanol–water partition coefficient (Wildman–Crippen LogP) is 4.24. The van der Waals surface area contributed by atoms with Gasteiger partial charge in [0.15, 0.2) is 5.11 Å². The molecule has 2 aromatic carbocycles. The zero-order chi connectivity index (χ0) is 25.3. The summed E-state index contributed by atoms with van der Waals surface area (Å²) in [6.07, 6.45) is 1.47. The molecule has 4 rings (SSSR count). The van der Waals surface area contributed by atoms with E-state index in [-0.39, 0.29) is 16.4 Å². The molecule has 2 amide bonds.